The van der Waals surface area contributed by atoms with Crippen LogP contribution in [0.2, 0.25) is 0 Å². The van der Waals surface area contributed by atoms with E-state index in [4.69, 9.17) is 5.73 Å². The lowest BCUT2D eigenvalue weighted by atomic mass is 9.85. The van der Waals surface area contributed by atoms with Gasteiger partial charge >= 0.3 is 0 Å². The highest BCUT2D eigenvalue weighted by molar-refractivity contribution is 8.00. The molecule has 0 bridgehead atoms. The second-order valence-electron chi connectivity index (χ2n) is 6.58. The van der Waals surface area contributed by atoms with Crippen LogP contribution in [0.25, 0.3) is 0 Å². The fourth-order valence-electron chi connectivity index (χ4n) is 3.18. The number of piperidine rings is 1. The Balaban J connectivity index is 2.03. The van der Waals surface area contributed by atoms with E-state index in [0.717, 1.165) is 6.54 Å². The van der Waals surface area contributed by atoms with Gasteiger partial charge in [-0.05, 0) is 39.4 Å². The molecular weight excluding hydrogens is 242 g/mol. The van der Waals surface area contributed by atoms with Crippen molar-refractivity contribution in [3.63, 3.8) is 0 Å². The summed E-state index contributed by atoms with van der Waals surface area (Å²) in [5, 5.41) is 0. The summed E-state index contributed by atoms with van der Waals surface area (Å²) in [5.74, 6) is 1.25. The molecule has 2 saturated heterocycles. The smallest absolute Gasteiger partial charge is 0.0356 e. The number of likely N-dealkylation sites (tertiary alicyclic amines) is 1. The lowest BCUT2D eigenvalue weighted by Gasteiger charge is -2.47. The van der Waals surface area contributed by atoms with E-state index >= 15 is 0 Å². The van der Waals surface area contributed by atoms with E-state index in [9.17, 15) is 0 Å². The van der Waals surface area contributed by atoms with Crippen LogP contribution >= 0.6 is 11.8 Å². The van der Waals surface area contributed by atoms with Gasteiger partial charge < -0.3 is 10.6 Å². The maximum atomic E-state index is 6.17. The molecule has 0 aromatic rings. The van der Waals surface area contributed by atoms with E-state index in [-0.39, 0.29) is 5.54 Å². The standard InChI is InChI=1S/C14H29N3S/c1-13(2)4-9-17(10-11-18-13)14(12-15)5-7-16(3)8-6-14/h4-12,15H2,1-3H3. The molecule has 2 fully saturated rings. The third kappa shape index (κ3) is 3.21. The maximum absolute atomic E-state index is 6.17. The summed E-state index contributed by atoms with van der Waals surface area (Å²) < 4.78 is 0.440. The van der Waals surface area contributed by atoms with Crippen molar-refractivity contribution in [2.75, 3.05) is 45.5 Å². The average Bonchev–Trinajstić information content (AvgIpc) is 2.52. The third-order valence-corrected chi connectivity index (χ3v) is 6.18. The van der Waals surface area contributed by atoms with Crippen molar-refractivity contribution in [1.29, 1.82) is 0 Å². The molecule has 0 spiro atoms. The number of thioether (sulfide) groups is 1. The van der Waals surface area contributed by atoms with Crippen LogP contribution in [0.3, 0.4) is 0 Å². The number of nitrogens with two attached hydrogens (primary N) is 1. The second kappa shape index (κ2) is 5.70. The van der Waals surface area contributed by atoms with Gasteiger partial charge in [0.15, 0.2) is 0 Å². The molecule has 2 aliphatic heterocycles. The Morgan fingerprint density at radius 1 is 1.06 bits per heavy atom. The molecule has 0 amide bonds. The molecule has 0 aromatic carbocycles. The minimum atomic E-state index is 0.285. The Kier molecular flexibility index (Phi) is 4.63. The molecule has 3 nitrogen and oxygen atoms in total. The normalized spacial score (nSPS) is 30.0. The predicted molar refractivity (Wildman–Crippen MR) is 81.2 cm³/mol. The van der Waals surface area contributed by atoms with Crippen LogP contribution in [-0.4, -0.2) is 65.6 Å². The highest BCUT2D eigenvalue weighted by Crippen LogP contribution is 2.35. The van der Waals surface area contributed by atoms with Gasteiger partial charge in [0.2, 0.25) is 0 Å². The number of hydrogen-bond donors (Lipinski definition) is 1. The molecule has 2 N–H and O–H groups in total. The zero-order valence-electron chi connectivity index (χ0n) is 12.2. The molecule has 4 heteroatoms. The van der Waals surface area contributed by atoms with Gasteiger partial charge in [0.25, 0.3) is 0 Å². The molecule has 2 heterocycles. The van der Waals surface area contributed by atoms with Crippen LogP contribution in [0, 0.1) is 0 Å². The summed E-state index contributed by atoms with van der Waals surface area (Å²) in [5.41, 5.74) is 6.45. The van der Waals surface area contributed by atoms with Gasteiger partial charge in [-0.2, -0.15) is 11.8 Å². The zero-order valence-corrected chi connectivity index (χ0v) is 13.1. The molecule has 0 aliphatic carbocycles. The van der Waals surface area contributed by atoms with Gasteiger partial charge in [0.05, 0.1) is 0 Å². The first kappa shape index (κ1) is 14.6. The third-order valence-electron chi connectivity index (χ3n) is 4.81. The molecule has 2 aliphatic rings. The lowest BCUT2D eigenvalue weighted by Crippen LogP contribution is -2.59. The maximum Gasteiger partial charge on any atom is 0.0356 e. The summed E-state index contributed by atoms with van der Waals surface area (Å²) >= 11 is 2.13. The Labute approximate surface area is 116 Å². The first-order chi connectivity index (χ1) is 8.47. The molecular formula is C14H29N3S. The monoisotopic (exact) mass is 271 g/mol. The molecule has 18 heavy (non-hydrogen) atoms. The number of rotatable bonds is 2. The van der Waals surface area contributed by atoms with E-state index in [2.05, 4.69) is 42.5 Å². The van der Waals surface area contributed by atoms with Crippen molar-refractivity contribution in [1.82, 2.24) is 9.80 Å². The first-order valence-electron chi connectivity index (χ1n) is 7.25. The van der Waals surface area contributed by atoms with Crippen LogP contribution in [-0.2, 0) is 0 Å². The van der Waals surface area contributed by atoms with Crippen molar-refractivity contribution in [3.8, 4) is 0 Å². The van der Waals surface area contributed by atoms with Gasteiger partial charge in [-0.1, -0.05) is 13.8 Å². The van der Waals surface area contributed by atoms with Crippen LogP contribution in [0.1, 0.15) is 33.1 Å². The van der Waals surface area contributed by atoms with E-state index in [1.807, 2.05) is 0 Å². The minimum absolute atomic E-state index is 0.285. The molecule has 106 valence electrons. The van der Waals surface area contributed by atoms with Crippen molar-refractivity contribution >= 4 is 11.8 Å². The van der Waals surface area contributed by atoms with Crippen molar-refractivity contribution in [3.05, 3.63) is 0 Å². The van der Waals surface area contributed by atoms with Crippen LogP contribution in [0.15, 0.2) is 0 Å². The Hall–Kier alpha value is 0.230. The highest BCUT2D eigenvalue weighted by Gasteiger charge is 2.39. The summed E-state index contributed by atoms with van der Waals surface area (Å²) in [6.45, 7) is 10.4. The fraction of sp³-hybridized carbons (Fsp3) is 1.00. The quantitative estimate of drug-likeness (QED) is 0.827. The van der Waals surface area contributed by atoms with Gasteiger partial charge in [0.1, 0.15) is 0 Å². The zero-order chi connectivity index (χ0) is 13.2. The predicted octanol–water partition coefficient (Wildman–Crippen LogP) is 1.63. The van der Waals surface area contributed by atoms with Gasteiger partial charge in [-0.15, -0.1) is 0 Å². The van der Waals surface area contributed by atoms with Gasteiger partial charge in [0, 0.05) is 35.7 Å². The second-order valence-corrected chi connectivity index (χ2v) is 8.38. The number of nitrogens with zero attached hydrogens (tertiary/aromatic N) is 2. The van der Waals surface area contributed by atoms with Crippen LogP contribution < -0.4 is 5.73 Å². The largest absolute Gasteiger partial charge is 0.329 e. The van der Waals surface area contributed by atoms with Gasteiger partial charge in [-0.25, -0.2) is 0 Å². The molecule has 0 saturated carbocycles. The lowest BCUT2D eigenvalue weighted by molar-refractivity contribution is 0.0377. The fourth-order valence-corrected chi connectivity index (χ4v) is 4.28. The van der Waals surface area contributed by atoms with Crippen LogP contribution in [0.5, 0.6) is 0 Å². The van der Waals surface area contributed by atoms with Crippen LogP contribution in [0.4, 0.5) is 0 Å². The molecule has 2 rings (SSSR count). The number of hydrogen-bond acceptors (Lipinski definition) is 4. The summed E-state index contributed by atoms with van der Waals surface area (Å²) in [6, 6.07) is 0. The Bertz CT molecular complexity index is 272. The average molecular weight is 271 g/mol. The summed E-state index contributed by atoms with van der Waals surface area (Å²) in [4.78, 5) is 5.15. The SMILES string of the molecule is CN1CCC(CN)(N2CCSC(C)(C)CC2)CC1. The molecule has 0 radical (unpaired) electrons. The first-order valence-corrected chi connectivity index (χ1v) is 8.24. The van der Waals surface area contributed by atoms with Crippen molar-refractivity contribution in [2.24, 2.45) is 5.73 Å². The topological polar surface area (TPSA) is 32.5 Å². The highest BCUT2D eigenvalue weighted by atomic mass is 32.2. The summed E-state index contributed by atoms with van der Waals surface area (Å²) in [6.07, 6.45) is 3.77. The minimum Gasteiger partial charge on any atom is -0.329 e. The Morgan fingerprint density at radius 2 is 1.72 bits per heavy atom. The Morgan fingerprint density at radius 3 is 2.33 bits per heavy atom. The molecule has 0 atom stereocenters. The van der Waals surface area contributed by atoms with E-state index in [1.165, 1.54) is 51.2 Å². The van der Waals surface area contributed by atoms with E-state index in [1.54, 1.807) is 0 Å². The van der Waals surface area contributed by atoms with Crippen molar-refractivity contribution < 1.29 is 0 Å². The van der Waals surface area contributed by atoms with E-state index < -0.39 is 0 Å². The molecule has 0 unspecified atom stereocenters. The molecule has 0 aromatic heterocycles. The van der Waals surface area contributed by atoms with Gasteiger partial charge in [-0.3, -0.25) is 4.90 Å². The van der Waals surface area contributed by atoms with Crippen molar-refractivity contribution in [2.45, 2.75) is 43.4 Å². The summed E-state index contributed by atoms with van der Waals surface area (Å²) in [7, 11) is 2.22. The van der Waals surface area contributed by atoms with E-state index in [0.29, 0.717) is 4.75 Å².